The average Bonchev–Trinajstić information content (AvgIpc) is 2.47. The zero-order chi connectivity index (χ0) is 13.9. The van der Waals surface area contributed by atoms with E-state index in [1.165, 1.54) is 19.9 Å². The van der Waals surface area contributed by atoms with Crippen molar-refractivity contribution in [2.45, 2.75) is 11.5 Å². The first kappa shape index (κ1) is 13.9. The van der Waals surface area contributed by atoms with Crippen LogP contribution in [0, 0.1) is 0 Å². The van der Waals surface area contributed by atoms with E-state index in [2.05, 4.69) is 79.3 Å². The number of rotatable bonds is 4. The summed E-state index contributed by atoms with van der Waals surface area (Å²) in [6.07, 6.45) is 1.96. The maximum atomic E-state index is 4.40. The zero-order valence-electron chi connectivity index (χ0n) is 11.7. The van der Waals surface area contributed by atoms with Gasteiger partial charge in [0, 0.05) is 0 Å². The van der Waals surface area contributed by atoms with Crippen molar-refractivity contribution in [2.75, 3.05) is 0 Å². The molecule has 0 amide bonds. The van der Waals surface area contributed by atoms with Gasteiger partial charge in [-0.2, -0.15) is 0 Å². The fourth-order valence-corrected chi connectivity index (χ4v) is 7.93. The van der Waals surface area contributed by atoms with Crippen LogP contribution in [-0.4, -0.2) is 13.3 Å². The Hall–Kier alpha value is -1.54. The van der Waals surface area contributed by atoms with Gasteiger partial charge in [-0.15, -0.1) is 0 Å². The van der Waals surface area contributed by atoms with Gasteiger partial charge in [0.2, 0.25) is 0 Å². The van der Waals surface area contributed by atoms with Crippen molar-refractivity contribution in [3.05, 3.63) is 78.9 Å². The van der Waals surface area contributed by atoms with E-state index in [-0.39, 0.29) is 0 Å². The van der Waals surface area contributed by atoms with Gasteiger partial charge in [0.1, 0.15) is 0 Å². The summed E-state index contributed by atoms with van der Waals surface area (Å²) in [7, 11) is 0. The summed E-state index contributed by atoms with van der Waals surface area (Å²) in [5, 5.41) is 0. The van der Waals surface area contributed by atoms with Crippen molar-refractivity contribution in [1.82, 2.24) is 0 Å². The van der Waals surface area contributed by atoms with E-state index < -0.39 is 13.3 Å². The molecule has 0 unspecified atom stereocenters. The first-order chi connectivity index (χ1) is 9.07. The molecule has 0 heterocycles. The van der Waals surface area contributed by atoms with Crippen molar-refractivity contribution in [1.29, 1.82) is 0 Å². The van der Waals surface area contributed by atoms with Crippen molar-refractivity contribution < 1.29 is 0 Å². The Labute approximate surface area is 118 Å². The first-order valence-electron chi connectivity index (χ1n) is 6.54. The minimum absolute atomic E-state index is 1.25. The van der Waals surface area contributed by atoms with Crippen molar-refractivity contribution >= 4 is 28.1 Å². The molecule has 0 aliphatic carbocycles. The van der Waals surface area contributed by atoms with E-state index in [0.29, 0.717) is 0 Å². The second-order valence-corrected chi connectivity index (χ2v) is 14.5. The molecule has 0 nitrogen and oxygen atoms in total. The predicted molar refractivity (Wildman–Crippen MR) is 89.1 cm³/mol. The Morgan fingerprint density at radius 2 is 1.53 bits per heavy atom. The Kier molecular flexibility index (Phi) is 4.11. The van der Waals surface area contributed by atoms with E-state index in [1.807, 2.05) is 6.08 Å². The standard InChI is InChI=1S/C18H20Ge/c1-5-16-11-9-10-14-18(16)19(3,4)15(2)17-12-7-6-8-13-17/h5-14H,1-2H2,3-4H3. The molecule has 0 bridgehead atoms. The van der Waals surface area contributed by atoms with E-state index in [4.69, 9.17) is 0 Å². The molecule has 0 fully saturated rings. The molecule has 0 spiro atoms. The fourth-order valence-electron chi connectivity index (χ4n) is 2.41. The van der Waals surface area contributed by atoms with Crippen LogP contribution in [0.25, 0.3) is 10.5 Å². The third-order valence-electron chi connectivity index (χ3n) is 3.73. The van der Waals surface area contributed by atoms with E-state index in [0.717, 1.165) is 0 Å². The molecule has 2 aromatic carbocycles. The molecule has 0 saturated heterocycles. The number of hydrogen-bond acceptors (Lipinski definition) is 0. The van der Waals surface area contributed by atoms with E-state index in [9.17, 15) is 0 Å². The van der Waals surface area contributed by atoms with Gasteiger partial charge < -0.3 is 0 Å². The Morgan fingerprint density at radius 1 is 0.947 bits per heavy atom. The predicted octanol–water partition coefficient (Wildman–Crippen LogP) is 4.50. The van der Waals surface area contributed by atoms with Gasteiger partial charge in [-0.05, 0) is 0 Å². The van der Waals surface area contributed by atoms with Crippen LogP contribution in [0.4, 0.5) is 0 Å². The third-order valence-corrected chi connectivity index (χ3v) is 11.3. The summed E-state index contributed by atoms with van der Waals surface area (Å²) in [6.45, 7) is 8.33. The summed E-state index contributed by atoms with van der Waals surface area (Å²) >= 11 is -2.33. The van der Waals surface area contributed by atoms with Gasteiger partial charge in [-0.25, -0.2) is 0 Å². The summed E-state index contributed by atoms with van der Waals surface area (Å²) in [6, 6.07) is 19.1. The zero-order valence-corrected chi connectivity index (χ0v) is 13.8. The SMILES string of the molecule is C=Cc1cccc[c]1[Ge]([CH3])([CH3])[C](=C)c1ccccc1. The molecule has 0 N–H and O–H groups in total. The normalized spacial score (nSPS) is 11.1. The van der Waals surface area contributed by atoms with Gasteiger partial charge in [0.05, 0.1) is 0 Å². The molecule has 96 valence electrons. The molecule has 2 rings (SSSR count). The molecular formula is C18H20Ge. The van der Waals surface area contributed by atoms with Crippen LogP contribution in [-0.2, 0) is 0 Å². The summed E-state index contributed by atoms with van der Waals surface area (Å²) < 4.78 is 2.77. The van der Waals surface area contributed by atoms with Crippen LogP contribution < -0.4 is 4.40 Å². The second kappa shape index (κ2) is 5.62. The van der Waals surface area contributed by atoms with Crippen LogP contribution in [0.15, 0.2) is 67.8 Å². The molecule has 1 heteroatoms. The number of hydrogen-bond donors (Lipinski definition) is 0. The van der Waals surface area contributed by atoms with Gasteiger partial charge in [0.15, 0.2) is 0 Å². The Bertz CT molecular complexity index is 594. The second-order valence-electron chi connectivity index (χ2n) is 5.26. The van der Waals surface area contributed by atoms with Crippen molar-refractivity contribution in [3.8, 4) is 0 Å². The Balaban J connectivity index is 2.48. The van der Waals surface area contributed by atoms with Crippen LogP contribution in [0.1, 0.15) is 11.1 Å². The van der Waals surface area contributed by atoms with Crippen LogP contribution >= 0.6 is 0 Å². The maximum absolute atomic E-state index is 4.40. The molecule has 0 aliphatic rings. The van der Waals surface area contributed by atoms with Gasteiger partial charge >= 0.3 is 119 Å². The topological polar surface area (TPSA) is 0 Å². The molecule has 0 saturated carbocycles. The summed E-state index contributed by atoms with van der Waals surface area (Å²) in [4.78, 5) is 0. The molecule has 0 aromatic heterocycles. The van der Waals surface area contributed by atoms with Crippen LogP contribution in [0.2, 0.25) is 11.5 Å². The fraction of sp³-hybridized carbons (Fsp3) is 0.111. The molecule has 0 radical (unpaired) electrons. The van der Waals surface area contributed by atoms with Gasteiger partial charge in [-0.1, -0.05) is 0 Å². The van der Waals surface area contributed by atoms with Crippen molar-refractivity contribution in [3.63, 3.8) is 0 Å². The summed E-state index contributed by atoms with van der Waals surface area (Å²) in [5.41, 5.74) is 2.52. The third kappa shape index (κ3) is 2.74. The van der Waals surface area contributed by atoms with Crippen LogP contribution in [0.5, 0.6) is 0 Å². The monoisotopic (exact) mass is 310 g/mol. The molecular weight excluding hydrogens is 289 g/mol. The van der Waals surface area contributed by atoms with Crippen molar-refractivity contribution in [2.24, 2.45) is 0 Å². The quantitative estimate of drug-likeness (QED) is 0.730. The van der Waals surface area contributed by atoms with Crippen LogP contribution in [0.3, 0.4) is 0 Å². The minimum atomic E-state index is -2.33. The van der Waals surface area contributed by atoms with Gasteiger partial charge in [0.25, 0.3) is 0 Å². The Morgan fingerprint density at radius 3 is 2.16 bits per heavy atom. The number of benzene rings is 2. The van der Waals surface area contributed by atoms with E-state index >= 15 is 0 Å². The summed E-state index contributed by atoms with van der Waals surface area (Å²) in [5.74, 6) is 4.80. The molecule has 0 atom stereocenters. The molecule has 2 aromatic rings. The molecule has 0 aliphatic heterocycles. The first-order valence-corrected chi connectivity index (χ1v) is 12.8. The molecule has 19 heavy (non-hydrogen) atoms. The van der Waals surface area contributed by atoms with Gasteiger partial charge in [-0.3, -0.25) is 0 Å². The van der Waals surface area contributed by atoms with E-state index in [1.54, 1.807) is 0 Å². The average molecular weight is 309 g/mol.